The molecule has 138 valence electrons. The van der Waals surface area contributed by atoms with Crippen molar-refractivity contribution in [2.75, 3.05) is 7.11 Å². The molecule has 1 aliphatic rings. The minimum Gasteiger partial charge on any atom is -0.504 e. The zero-order valence-electron chi connectivity index (χ0n) is 13.1. The van der Waals surface area contributed by atoms with Gasteiger partial charge in [-0.15, -0.1) is 0 Å². The van der Waals surface area contributed by atoms with Crippen LogP contribution >= 0.6 is 0 Å². The van der Waals surface area contributed by atoms with Gasteiger partial charge in [-0.25, -0.2) is 9.59 Å². The fraction of sp³-hybridized carbons (Fsp3) is 0.467. The first kappa shape index (κ1) is 18.8. The standard InChI is InChI=1S/C15H18O10/c1-24-9-3-6(2-7(16)11(9)18)13(20)25-10-5-15(23,14(21)22)4-8(17)12(10)19/h2-3,8,10,12,16-19,23H,4-5H2,1H3,(H,21,22)/t8-,10-,12-,15-/m1/s1. The van der Waals surface area contributed by atoms with Crippen LogP contribution in [-0.4, -0.2) is 73.6 Å². The number of ether oxygens (including phenoxy) is 2. The van der Waals surface area contributed by atoms with E-state index in [2.05, 4.69) is 0 Å². The van der Waals surface area contributed by atoms with E-state index in [9.17, 15) is 35.1 Å². The van der Waals surface area contributed by atoms with E-state index in [-0.39, 0.29) is 11.3 Å². The van der Waals surface area contributed by atoms with Crippen LogP contribution in [0.1, 0.15) is 23.2 Å². The second-order valence-electron chi connectivity index (χ2n) is 5.79. The third-order valence-corrected chi connectivity index (χ3v) is 4.03. The molecule has 1 aromatic rings. The van der Waals surface area contributed by atoms with Crippen LogP contribution in [0.25, 0.3) is 0 Å². The molecule has 25 heavy (non-hydrogen) atoms. The van der Waals surface area contributed by atoms with Crippen LogP contribution < -0.4 is 4.74 Å². The number of esters is 1. The van der Waals surface area contributed by atoms with Crippen LogP contribution in [0, 0.1) is 0 Å². The molecule has 0 saturated heterocycles. The summed E-state index contributed by atoms with van der Waals surface area (Å²) >= 11 is 0. The van der Waals surface area contributed by atoms with E-state index >= 15 is 0 Å². The summed E-state index contributed by atoms with van der Waals surface area (Å²) in [7, 11) is 1.19. The molecule has 10 nitrogen and oxygen atoms in total. The number of carbonyl (C=O) groups excluding carboxylic acids is 1. The van der Waals surface area contributed by atoms with Gasteiger partial charge in [0.05, 0.1) is 18.8 Å². The van der Waals surface area contributed by atoms with Crippen LogP contribution in [0.5, 0.6) is 17.2 Å². The Morgan fingerprint density at radius 2 is 1.84 bits per heavy atom. The number of aromatic hydroxyl groups is 2. The average Bonchev–Trinajstić information content (AvgIpc) is 2.54. The van der Waals surface area contributed by atoms with Gasteiger partial charge in [-0.1, -0.05) is 0 Å². The molecule has 0 aromatic heterocycles. The molecule has 10 heteroatoms. The van der Waals surface area contributed by atoms with Crippen molar-refractivity contribution < 1.29 is 49.7 Å². The first-order valence-electron chi connectivity index (χ1n) is 7.22. The molecule has 0 heterocycles. The molecule has 1 aliphatic carbocycles. The Morgan fingerprint density at radius 3 is 2.40 bits per heavy atom. The number of hydrogen-bond donors (Lipinski definition) is 6. The van der Waals surface area contributed by atoms with E-state index in [1.165, 1.54) is 7.11 Å². The summed E-state index contributed by atoms with van der Waals surface area (Å²) in [6, 6.07) is 1.95. The van der Waals surface area contributed by atoms with Crippen molar-refractivity contribution in [2.45, 2.75) is 36.8 Å². The summed E-state index contributed by atoms with van der Waals surface area (Å²) in [5.41, 5.74) is -2.61. The molecular weight excluding hydrogens is 340 g/mol. The van der Waals surface area contributed by atoms with Crippen molar-refractivity contribution >= 4 is 11.9 Å². The summed E-state index contributed by atoms with van der Waals surface area (Å²) in [6.07, 6.45) is -5.97. The highest BCUT2D eigenvalue weighted by Crippen LogP contribution is 2.37. The second-order valence-corrected chi connectivity index (χ2v) is 5.79. The summed E-state index contributed by atoms with van der Waals surface area (Å²) < 4.78 is 9.76. The molecule has 0 radical (unpaired) electrons. The van der Waals surface area contributed by atoms with E-state index in [1.807, 2.05) is 0 Å². The summed E-state index contributed by atoms with van der Waals surface area (Å²) in [5.74, 6) is -4.16. The number of aliphatic hydroxyl groups is 3. The topological polar surface area (TPSA) is 174 Å². The summed E-state index contributed by atoms with van der Waals surface area (Å²) in [4.78, 5) is 23.3. The lowest BCUT2D eigenvalue weighted by Gasteiger charge is -2.39. The number of hydrogen-bond acceptors (Lipinski definition) is 9. The van der Waals surface area contributed by atoms with Crippen LogP contribution in [0.15, 0.2) is 12.1 Å². The summed E-state index contributed by atoms with van der Waals surface area (Å²) in [5, 5.41) is 57.8. The van der Waals surface area contributed by atoms with Crippen molar-refractivity contribution in [2.24, 2.45) is 0 Å². The van der Waals surface area contributed by atoms with Crippen LogP contribution in [0.3, 0.4) is 0 Å². The van der Waals surface area contributed by atoms with Gasteiger partial charge in [-0.3, -0.25) is 0 Å². The molecule has 0 aliphatic heterocycles. The number of carbonyl (C=O) groups is 2. The highest BCUT2D eigenvalue weighted by molar-refractivity contribution is 5.91. The number of benzene rings is 1. The van der Waals surface area contributed by atoms with E-state index in [0.29, 0.717) is 0 Å². The van der Waals surface area contributed by atoms with Crippen molar-refractivity contribution in [3.63, 3.8) is 0 Å². The maximum absolute atomic E-state index is 12.2. The number of phenolic OH excluding ortho intramolecular Hbond substituents is 2. The van der Waals surface area contributed by atoms with Crippen molar-refractivity contribution in [1.29, 1.82) is 0 Å². The Morgan fingerprint density at radius 1 is 1.20 bits per heavy atom. The van der Waals surface area contributed by atoms with Gasteiger partial charge in [-0.05, 0) is 12.1 Å². The van der Waals surface area contributed by atoms with Gasteiger partial charge < -0.3 is 40.1 Å². The Balaban J connectivity index is 2.24. The fourth-order valence-electron chi connectivity index (χ4n) is 2.61. The maximum atomic E-state index is 12.2. The minimum absolute atomic E-state index is 0.210. The van der Waals surface area contributed by atoms with Crippen LogP contribution in [-0.2, 0) is 9.53 Å². The third-order valence-electron chi connectivity index (χ3n) is 4.03. The predicted octanol–water partition coefficient (Wildman–Crippen LogP) is -1.04. The zero-order valence-corrected chi connectivity index (χ0v) is 13.1. The molecule has 6 N–H and O–H groups in total. The molecule has 0 unspecified atom stereocenters. The minimum atomic E-state index is -2.36. The lowest BCUT2D eigenvalue weighted by atomic mass is 9.79. The fourth-order valence-corrected chi connectivity index (χ4v) is 2.61. The number of rotatable bonds is 4. The Hall–Kier alpha value is -2.56. The normalized spacial score (nSPS) is 29.0. The second kappa shape index (κ2) is 6.75. The largest absolute Gasteiger partial charge is 0.504 e. The molecule has 1 aromatic carbocycles. The van der Waals surface area contributed by atoms with Crippen molar-refractivity contribution in [3.05, 3.63) is 17.7 Å². The molecular formula is C15H18O10. The number of aliphatic hydroxyl groups excluding tert-OH is 2. The molecule has 1 saturated carbocycles. The van der Waals surface area contributed by atoms with Crippen LogP contribution in [0.4, 0.5) is 0 Å². The van der Waals surface area contributed by atoms with Crippen molar-refractivity contribution in [1.82, 2.24) is 0 Å². The van der Waals surface area contributed by atoms with Gasteiger partial charge in [0.15, 0.2) is 17.1 Å². The van der Waals surface area contributed by atoms with Gasteiger partial charge >= 0.3 is 11.9 Å². The van der Waals surface area contributed by atoms with E-state index < -0.39 is 60.2 Å². The molecule has 0 spiro atoms. The first-order valence-corrected chi connectivity index (χ1v) is 7.22. The monoisotopic (exact) mass is 358 g/mol. The average molecular weight is 358 g/mol. The van der Waals surface area contributed by atoms with E-state index in [0.717, 1.165) is 12.1 Å². The highest BCUT2D eigenvalue weighted by Gasteiger charge is 2.50. The predicted molar refractivity (Wildman–Crippen MR) is 79.4 cm³/mol. The summed E-state index contributed by atoms with van der Waals surface area (Å²) in [6.45, 7) is 0. The number of aliphatic carboxylic acids is 1. The molecule has 0 bridgehead atoms. The van der Waals surface area contributed by atoms with Gasteiger partial charge in [0.1, 0.15) is 12.2 Å². The Bertz CT molecular complexity index is 687. The third kappa shape index (κ3) is 3.60. The quantitative estimate of drug-likeness (QED) is 0.288. The molecule has 0 amide bonds. The maximum Gasteiger partial charge on any atom is 0.338 e. The number of carboxylic acid groups (broad SMARTS) is 1. The Labute approximate surface area is 141 Å². The zero-order chi connectivity index (χ0) is 18.9. The highest BCUT2D eigenvalue weighted by atomic mass is 16.6. The van der Waals surface area contributed by atoms with Crippen molar-refractivity contribution in [3.8, 4) is 17.2 Å². The molecule has 1 fully saturated rings. The van der Waals surface area contributed by atoms with E-state index in [4.69, 9.17) is 14.6 Å². The molecule has 4 atom stereocenters. The van der Waals surface area contributed by atoms with Crippen LogP contribution in [0.2, 0.25) is 0 Å². The van der Waals surface area contributed by atoms with E-state index in [1.54, 1.807) is 0 Å². The van der Waals surface area contributed by atoms with Gasteiger partial charge in [0.2, 0.25) is 5.75 Å². The number of carboxylic acids is 1. The SMILES string of the molecule is COc1cc(C(=O)O[C@@H]2C[C@@](O)(C(=O)O)C[C@@H](O)[C@H]2O)cc(O)c1O. The lowest BCUT2D eigenvalue weighted by Crippen LogP contribution is -2.57. The number of methoxy groups -OCH3 is 1. The lowest BCUT2D eigenvalue weighted by molar-refractivity contribution is -0.187. The van der Waals surface area contributed by atoms with Gasteiger partial charge in [0, 0.05) is 12.8 Å². The number of phenols is 2. The van der Waals surface area contributed by atoms with Gasteiger partial charge in [0.25, 0.3) is 0 Å². The van der Waals surface area contributed by atoms with Gasteiger partial charge in [-0.2, -0.15) is 0 Å². The molecule has 2 rings (SSSR count). The Kier molecular flexibility index (Phi) is 5.07. The first-order chi connectivity index (χ1) is 11.6. The smallest absolute Gasteiger partial charge is 0.338 e.